The van der Waals surface area contributed by atoms with Crippen LogP contribution in [0.2, 0.25) is 0 Å². The number of aliphatic hydroxyl groups is 1. The molecule has 17 nitrogen and oxygen atoms in total. The van der Waals surface area contributed by atoms with Crippen LogP contribution >= 0.6 is 15.6 Å². The van der Waals surface area contributed by atoms with Crippen LogP contribution in [0, 0.1) is 17.8 Å². The Hall–Kier alpha value is -2.46. The molecule has 0 saturated heterocycles. The first kappa shape index (κ1) is 98.5. The number of carbonyl (C=O) groups excluding carboxylic acids is 4. The van der Waals surface area contributed by atoms with E-state index in [1.807, 2.05) is 0 Å². The summed E-state index contributed by atoms with van der Waals surface area (Å²) in [6, 6.07) is 0. The first-order valence-electron chi connectivity index (χ1n) is 41.7. The second-order valence-corrected chi connectivity index (χ2v) is 33.2. The van der Waals surface area contributed by atoms with E-state index in [0.717, 1.165) is 127 Å². The van der Waals surface area contributed by atoms with E-state index < -0.39 is 97.5 Å². The summed E-state index contributed by atoms with van der Waals surface area (Å²) in [5.41, 5.74) is 0. The van der Waals surface area contributed by atoms with E-state index in [2.05, 4.69) is 72.8 Å². The van der Waals surface area contributed by atoms with Crippen molar-refractivity contribution in [2.24, 2.45) is 17.8 Å². The first-order chi connectivity index (χ1) is 48.7. The second-order valence-electron chi connectivity index (χ2n) is 30.3. The zero-order valence-corrected chi connectivity index (χ0v) is 67.6. The zero-order chi connectivity index (χ0) is 74.4. The first-order valence-corrected chi connectivity index (χ1v) is 44.7. The van der Waals surface area contributed by atoms with Gasteiger partial charge >= 0.3 is 39.5 Å². The quantitative estimate of drug-likeness (QED) is 0.0169. The minimum Gasteiger partial charge on any atom is -0.462 e. The summed E-state index contributed by atoms with van der Waals surface area (Å²) >= 11 is 0. The third-order valence-corrected chi connectivity index (χ3v) is 20.4. The van der Waals surface area contributed by atoms with Gasteiger partial charge < -0.3 is 33.8 Å². The fourth-order valence-electron chi connectivity index (χ4n) is 12.1. The van der Waals surface area contributed by atoms with Crippen molar-refractivity contribution in [1.29, 1.82) is 0 Å². The van der Waals surface area contributed by atoms with E-state index in [-0.39, 0.29) is 25.7 Å². The average molecular weight is 1480 g/mol. The van der Waals surface area contributed by atoms with Crippen molar-refractivity contribution in [1.82, 2.24) is 0 Å². The van der Waals surface area contributed by atoms with Crippen molar-refractivity contribution < 1.29 is 80.2 Å². The molecule has 0 saturated carbocycles. The van der Waals surface area contributed by atoms with Crippen LogP contribution in [0.4, 0.5) is 0 Å². The van der Waals surface area contributed by atoms with Crippen molar-refractivity contribution >= 4 is 39.5 Å². The number of phosphoric ester groups is 2. The molecule has 3 unspecified atom stereocenters. The van der Waals surface area contributed by atoms with Crippen molar-refractivity contribution in [2.45, 2.75) is 420 Å². The van der Waals surface area contributed by atoms with Crippen LogP contribution < -0.4 is 0 Å². The Morgan fingerprint density at radius 3 is 0.802 bits per heavy atom. The monoisotopic (exact) mass is 1480 g/mol. The summed E-state index contributed by atoms with van der Waals surface area (Å²) in [5.74, 6) is 0.165. The fourth-order valence-corrected chi connectivity index (χ4v) is 13.7. The Labute approximate surface area is 618 Å². The summed E-state index contributed by atoms with van der Waals surface area (Å²) in [7, 11) is -9.93. The maximum absolute atomic E-state index is 13.1. The molecule has 101 heavy (non-hydrogen) atoms. The predicted molar refractivity (Wildman–Crippen MR) is 414 cm³/mol. The van der Waals surface area contributed by atoms with E-state index in [9.17, 15) is 43.2 Å². The Morgan fingerprint density at radius 1 is 0.307 bits per heavy atom. The third kappa shape index (κ3) is 75.6. The number of carbonyl (C=O) groups is 4. The maximum atomic E-state index is 13.1. The SMILES string of the molecule is CCCCCC/C=C\C=C/CCCCCCCC(=O)OC[C@H](COP(=O)(O)OCC(O)COP(=O)(O)OC[C@@H](COC(=O)CCCCCCCCCC(C)C)OC(=O)CCCCCCCCCCCCCCCCCC(C)C)OC(=O)CCCCCCCCCCCCCCCCCC(C)C. The zero-order valence-electron chi connectivity index (χ0n) is 65.9. The van der Waals surface area contributed by atoms with Crippen LogP contribution in [0.5, 0.6) is 0 Å². The van der Waals surface area contributed by atoms with Gasteiger partial charge in [0.2, 0.25) is 0 Å². The molecule has 0 aliphatic rings. The van der Waals surface area contributed by atoms with Gasteiger partial charge in [-0.05, 0) is 69.1 Å². The number of unbranched alkanes of at least 4 members (excludes halogenated alkanes) is 43. The molecule has 0 aliphatic carbocycles. The third-order valence-electron chi connectivity index (χ3n) is 18.5. The van der Waals surface area contributed by atoms with Gasteiger partial charge in [-0.2, -0.15) is 0 Å². The Balaban J connectivity index is 5.27. The molecule has 0 aromatic carbocycles. The van der Waals surface area contributed by atoms with Crippen LogP contribution in [0.25, 0.3) is 0 Å². The maximum Gasteiger partial charge on any atom is 0.472 e. The van der Waals surface area contributed by atoms with Crippen molar-refractivity contribution in [3.05, 3.63) is 24.3 Å². The van der Waals surface area contributed by atoms with Crippen LogP contribution in [-0.4, -0.2) is 96.7 Å². The van der Waals surface area contributed by atoms with Crippen molar-refractivity contribution in [3.8, 4) is 0 Å². The average Bonchev–Trinajstić information content (AvgIpc) is 1.04. The number of rotatable bonds is 78. The Morgan fingerprint density at radius 2 is 0.535 bits per heavy atom. The van der Waals surface area contributed by atoms with E-state index in [1.54, 1.807) is 0 Å². The summed E-state index contributed by atoms with van der Waals surface area (Å²) in [6.07, 6.45) is 63.3. The standard InChI is InChI=1S/C82H156O17P2/c1-8-9-10-11-12-13-14-15-18-25-30-35-42-49-56-63-79(84)92-69-77(98-81(86)65-58-51-43-36-31-26-21-16-19-23-28-33-39-46-53-60-73(2)3)71-96-100(88,89)94-67-76(83)68-95-101(90,91)97-72-78(70-93-80(85)64-57-50-45-38-41-48-55-62-75(6)7)99-82(87)66-59-52-44-37-32-27-22-17-20-24-29-34-40-47-54-61-74(4)5/h13-15,18,73-78,83H,8-12,16-17,19-72H2,1-7H3,(H,88,89)(H,90,91)/b14-13-,18-15-/t76?,77-,78-/m1/s1. The summed E-state index contributed by atoms with van der Waals surface area (Å²) in [6.45, 7) is 11.9. The highest BCUT2D eigenvalue weighted by atomic mass is 31.2. The van der Waals surface area contributed by atoms with Gasteiger partial charge in [-0.3, -0.25) is 37.3 Å². The second kappa shape index (κ2) is 71.8. The predicted octanol–water partition coefficient (Wildman–Crippen LogP) is 24.1. The summed E-state index contributed by atoms with van der Waals surface area (Å²) in [4.78, 5) is 73.0. The molecule has 0 bridgehead atoms. The molecule has 5 atom stereocenters. The molecule has 0 aliphatic heterocycles. The number of aliphatic hydroxyl groups excluding tert-OH is 1. The molecule has 0 amide bonds. The van der Waals surface area contributed by atoms with E-state index >= 15 is 0 Å². The van der Waals surface area contributed by atoms with Gasteiger partial charge in [0, 0.05) is 25.7 Å². The summed E-state index contributed by atoms with van der Waals surface area (Å²) in [5, 5.41) is 10.6. The largest absolute Gasteiger partial charge is 0.472 e. The number of hydrogen-bond acceptors (Lipinski definition) is 15. The molecule has 0 spiro atoms. The molecule has 0 aromatic heterocycles. The molecule has 0 aromatic rings. The van der Waals surface area contributed by atoms with Gasteiger partial charge in [0.1, 0.15) is 19.3 Å². The van der Waals surface area contributed by atoms with Crippen LogP contribution in [0.3, 0.4) is 0 Å². The number of esters is 4. The highest BCUT2D eigenvalue weighted by molar-refractivity contribution is 7.47. The lowest BCUT2D eigenvalue weighted by molar-refractivity contribution is -0.161. The number of hydrogen-bond donors (Lipinski definition) is 3. The van der Waals surface area contributed by atoms with Gasteiger partial charge in [-0.15, -0.1) is 0 Å². The van der Waals surface area contributed by atoms with Crippen molar-refractivity contribution in [2.75, 3.05) is 39.6 Å². The lowest BCUT2D eigenvalue weighted by Gasteiger charge is -2.21. The molecular weight excluding hydrogens is 1320 g/mol. The molecule has 0 heterocycles. The van der Waals surface area contributed by atoms with E-state index in [1.165, 1.54) is 186 Å². The topological polar surface area (TPSA) is 237 Å². The Bertz CT molecular complexity index is 2050. The molecule has 596 valence electrons. The van der Waals surface area contributed by atoms with Gasteiger partial charge in [-0.25, -0.2) is 9.13 Å². The minimum atomic E-state index is -4.97. The number of phosphoric acid groups is 2. The van der Waals surface area contributed by atoms with Gasteiger partial charge in [0.15, 0.2) is 12.2 Å². The fraction of sp³-hybridized carbons (Fsp3) is 0.902. The van der Waals surface area contributed by atoms with Crippen molar-refractivity contribution in [3.63, 3.8) is 0 Å². The lowest BCUT2D eigenvalue weighted by Crippen LogP contribution is -2.30. The molecule has 19 heteroatoms. The smallest absolute Gasteiger partial charge is 0.462 e. The van der Waals surface area contributed by atoms with E-state index in [4.69, 9.17) is 37.0 Å². The highest BCUT2D eigenvalue weighted by Gasteiger charge is 2.30. The Kier molecular flexibility index (Phi) is 70.0. The minimum absolute atomic E-state index is 0.101. The highest BCUT2D eigenvalue weighted by Crippen LogP contribution is 2.45. The van der Waals surface area contributed by atoms with E-state index in [0.29, 0.717) is 31.6 Å². The van der Waals surface area contributed by atoms with Crippen LogP contribution in [0.15, 0.2) is 24.3 Å². The molecule has 0 fully saturated rings. The molecule has 0 radical (unpaired) electrons. The van der Waals surface area contributed by atoms with Gasteiger partial charge in [0.25, 0.3) is 0 Å². The molecule has 0 rings (SSSR count). The number of allylic oxidation sites excluding steroid dienone is 4. The van der Waals surface area contributed by atoms with Crippen LogP contribution in [0.1, 0.15) is 402 Å². The molecular formula is C82H156O17P2. The van der Waals surface area contributed by atoms with Crippen LogP contribution in [-0.2, 0) is 65.4 Å². The van der Waals surface area contributed by atoms with Gasteiger partial charge in [-0.1, -0.05) is 349 Å². The number of ether oxygens (including phenoxy) is 4. The van der Waals surface area contributed by atoms with Gasteiger partial charge in [0.05, 0.1) is 26.4 Å². The molecule has 3 N–H and O–H groups in total. The lowest BCUT2D eigenvalue weighted by atomic mass is 10.0. The normalized spacial score (nSPS) is 14.1. The summed E-state index contributed by atoms with van der Waals surface area (Å²) < 4.78 is 68.7.